The van der Waals surface area contributed by atoms with E-state index in [2.05, 4.69) is 4.72 Å². The van der Waals surface area contributed by atoms with Gasteiger partial charge in [-0.25, -0.2) is 17.9 Å². The fourth-order valence-electron chi connectivity index (χ4n) is 2.14. The lowest BCUT2D eigenvalue weighted by Gasteiger charge is -2.16. The summed E-state index contributed by atoms with van der Waals surface area (Å²) >= 11 is 0. The van der Waals surface area contributed by atoms with E-state index < -0.39 is 22.2 Å². The first kappa shape index (κ1) is 16.3. The second-order valence-electron chi connectivity index (χ2n) is 5.21. The summed E-state index contributed by atoms with van der Waals surface area (Å²) in [4.78, 5) is 13.1. The Balaban J connectivity index is 2.06. The average molecular weight is 323 g/mol. The maximum atomic E-state index is 12.2. The van der Waals surface area contributed by atoms with Gasteiger partial charge in [-0.15, -0.1) is 0 Å². The zero-order valence-corrected chi connectivity index (χ0v) is 13.1. The van der Waals surface area contributed by atoms with E-state index in [1.165, 1.54) is 17.0 Å². The third-order valence-corrected chi connectivity index (χ3v) is 4.81. The predicted octanol–water partition coefficient (Wildman–Crippen LogP) is 1.07. The maximum absolute atomic E-state index is 12.2. The van der Waals surface area contributed by atoms with Gasteiger partial charge in [-0.3, -0.25) is 0 Å². The van der Waals surface area contributed by atoms with E-state index in [0.717, 1.165) is 0 Å². The van der Waals surface area contributed by atoms with Crippen molar-refractivity contribution in [3.8, 4) is 6.07 Å². The molecule has 22 heavy (non-hydrogen) atoms. The van der Waals surface area contributed by atoms with E-state index in [1.54, 1.807) is 12.1 Å². The van der Waals surface area contributed by atoms with E-state index in [4.69, 9.17) is 10.00 Å². The van der Waals surface area contributed by atoms with E-state index in [1.807, 2.05) is 19.9 Å². The molecule has 1 heterocycles. The number of rotatable bonds is 5. The number of ether oxygens (including phenoxy) is 1. The Labute approximate surface area is 129 Å². The molecule has 2 rings (SSSR count). The van der Waals surface area contributed by atoms with Gasteiger partial charge in [0.25, 0.3) is 0 Å². The molecule has 1 unspecified atom stereocenters. The fraction of sp³-hybridized carbons (Fsp3) is 0.429. The lowest BCUT2D eigenvalue weighted by atomic mass is 10.2. The highest BCUT2D eigenvalue weighted by molar-refractivity contribution is 7.89. The van der Waals surface area contributed by atoms with Gasteiger partial charge < -0.3 is 9.64 Å². The van der Waals surface area contributed by atoms with Crippen molar-refractivity contribution in [2.75, 3.05) is 13.1 Å². The molecule has 118 valence electrons. The normalized spacial score (nSPS) is 18.4. The van der Waals surface area contributed by atoms with Gasteiger partial charge >= 0.3 is 6.09 Å². The molecule has 1 aromatic rings. The van der Waals surface area contributed by atoms with E-state index >= 15 is 0 Å². The summed E-state index contributed by atoms with van der Waals surface area (Å²) in [5, 5.41) is 8.97. The Kier molecular flexibility index (Phi) is 4.68. The molecule has 1 atom stereocenters. The molecule has 1 N–H and O–H groups in total. The van der Waals surface area contributed by atoms with Crippen LogP contribution >= 0.6 is 0 Å². The second kappa shape index (κ2) is 6.34. The van der Waals surface area contributed by atoms with Gasteiger partial charge in [0.05, 0.1) is 17.0 Å². The summed E-state index contributed by atoms with van der Waals surface area (Å²) in [5.74, 6) is 0. The number of nitrogens with zero attached hydrogens (tertiary/aromatic N) is 2. The van der Waals surface area contributed by atoms with Crippen LogP contribution in [-0.4, -0.2) is 44.6 Å². The Hall–Kier alpha value is -2.11. The molecule has 0 spiro atoms. The number of carbonyl (C=O) groups excluding carboxylic acids is 1. The van der Waals surface area contributed by atoms with E-state index in [0.29, 0.717) is 6.54 Å². The molecule has 1 amide bonds. The number of amides is 1. The summed E-state index contributed by atoms with van der Waals surface area (Å²) in [6.07, 6.45) is -0.990. The van der Waals surface area contributed by atoms with Crippen LogP contribution in [0, 0.1) is 11.3 Å². The van der Waals surface area contributed by atoms with E-state index in [-0.39, 0.29) is 23.0 Å². The van der Waals surface area contributed by atoms with Gasteiger partial charge in [0, 0.05) is 12.6 Å². The molecule has 8 heteroatoms. The molecule has 0 radical (unpaired) electrons. The van der Waals surface area contributed by atoms with Crippen molar-refractivity contribution >= 4 is 16.1 Å². The molecule has 1 fully saturated rings. The molecular formula is C14H17N3O4S. The highest BCUT2D eigenvalue weighted by Gasteiger charge is 2.33. The molecule has 1 aromatic carbocycles. The fourth-order valence-corrected chi connectivity index (χ4v) is 3.36. The highest BCUT2D eigenvalue weighted by Crippen LogP contribution is 2.16. The van der Waals surface area contributed by atoms with Crippen LogP contribution in [0.4, 0.5) is 4.79 Å². The number of sulfonamides is 1. The third kappa shape index (κ3) is 3.37. The van der Waals surface area contributed by atoms with Crippen LogP contribution < -0.4 is 4.72 Å². The zero-order chi connectivity index (χ0) is 16.3. The van der Waals surface area contributed by atoms with Crippen LogP contribution in [0.1, 0.15) is 19.4 Å². The van der Waals surface area contributed by atoms with Gasteiger partial charge in [-0.05, 0) is 26.0 Å². The predicted molar refractivity (Wildman–Crippen MR) is 78.5 cm³/mol. The van der Waals surface area contributed by atoms with Crippen LogP contribution in [0.15, 0.2) is 29.2 Å². The molecule has 1 aliphatic heterocycles. The van der Waals surface area contributed by atoms with Gasteiger partial charge in [0.1, 0.15) is 12.2 Å². The van der Waals surface area contributed by atoms with Crippen molar-refractivity contribution in [3.05, 3.63) is 29.8 Å². The number of carbonyl (C=O) groups is 1. The van der Waals surface area contributed by atoms with Gasteiger partial charge in [-0.1, -0.05) is 12.1 Å². The summed E-state index contributed by atoms with van der Waals surface area (Å²) in [6.45, 7) is 4.02. The van der Waals surface area contributed by atoms with Crippen LogP contribution in [0.3, 0.4) is 0 Å². The van der Waals surface area contributed by atoms with Gasteiger partial charge in [0.15, 0.2) is 0 Å². The number of benzene rings is 1. The molecule has 0 aromatic heterocycles. The monoisotopic (exact) mass is 323 g/mol. The summed E-state index contributed by atoms with van der Waals surface area (Å²) < 4.78 is 32.0. The van der Waals surface area contributed by atoms with Crippen molar-refractivity contribution < 1.29 is 17.9 Å². The molecule has 0 saturated carbocycles. The molecular weight excluding hydrogens is 306 g/mol. The first-order chi connectivity index (χ1) is 10.3. The molecule has 0 aliphatic carbocycles. The van der Waals surface area contributed by atoms with Crippen molar-refractivity contribution in [1.29, 1.82) is 5.26 Å². The lowest BCUT2D eigenvalue weighted by molar-refractivity contribution is 0.130. The molecule has 1 saturated heterocycles. The standard InChI is InChI=1S/C14H17N3O4S/c1-10(2)17-9-12(21-14(17)18)8-16-22(19,20)13-6-4-3-5-11(13)7-15/h3-6,10,12,16H,8-9H2,1-2H3. The quantitative estimate of drug-likeness (QED) is 0.873. The number of cyclic esters (lactones) is 1. The Morgan fingerprint density at radius 2 is 2.14 bits per heavy atom. The molecule has 1 aliphatic rings. The van der Waals surface area contributed by atoms with Crippen LogP contribution in [0.2, 0.25) is 0 Å². The topological polar surface area (TPSA) is 99.5 Å². The summed E-state index contributed by atoms with van der Waals surface area (Å²) in [6, 6.07) is 7.78. The van der Waals surface area contributed by atoms with Crippen molar-refractivity contribution in [2.45, 2.75) is 30.9 Å². The second-order valence-corrected chi connectivity index (χ2v) is 6.95. The smallest absolute Gasteiger partial charge is 0.410 e. The SMILES string of the molecule is CC(C)N1CC(CNS(=O)(=O)c2ccccc2C#N)OC1=O. The first-order valence-electron chi connectivity index (χ1n) is 6.81. The summed E-state index contributed by atoms with van der Waals surface area (Å²) in [7, 11) is -3.83. The first-order valence-corrected chi connectivity index (χ1v) is 8.29. The van der Waals surface area contributed by atoms with Gasteiger partial charge in [-0.2, -0.15) is 5.26 Å². The third-order valence-electron chi connectivity index (χ3n) is 3.32. The number of hydrogen-bond donors (Lipinski definition) is 1. The van der Waals surface area contributed by atoms with Crippen molar-refractivity contribution in [3.63, 3.8) is 0 Å². The minimum Gasteiger partial charge on any atom is -0.443 e. The minimum atomic E-state index is -3.83. The average Bonchev–Trinajstić information content (AvgIpc) is 2.86. The van der Waals surface area contributed by atoms with Crippen LogP contribution in [0.5, 0.6) is 0 Å². The van der Waals surface area contributed by atoms with Crippen molar-refractivity contribution in [2.24, 2.45) is 0 Å². The zero-order valence-electron chi connectivity index (χ0n) is 12.3. The number of hydrogen-bond acceptors (Lipinski definition) is 5. The summed E-state index contributed by atoms with van der Waals surface area (Å²) in [5.41, 5.74) is 0.0715. The van der Waals surface area contributed by atoms with Crippen LogP contribution in [0.25, 0.3) is 0 Å². The maximum Gasteiger partial charge on any atom is 0.410 e. The number of nitriles is 1. The Morgan fingerprint density at radius 3 is 2.73 bits per heavy atom. The largest absolute Gasteiger partial charge is 0.443 e. The highest BCUT2D eigenvalue weighted by atomic mass is 32.2. The van der Waals surface area contributed by atoms with Crippen molar-refractivity contribution in [1.82, 2.24) is 9.62 Å². The Bertz CT molecular complexity index is 709. The Morgan fingerprint density at radius 1 is 1.45 bits per heavy atom. The van der Waals surface area contributed by atoms with Crippen LogP contribution in [-0.2, 0) is 14.8 Å². The van der Waals surface area contributed by atoms with E-state index in [9.17, 15) is 13.2 Å². The minimum absolute atomic E-state index is 0.00609. The van der Waals surface area contributed by atoms with Gasteiger partial charge in [0.2, 0.25) is 10.0 Å². The molecule has 0 bridgehead atoms. The lowest BCUT2D eigenvalue weighted by Crippen LogP contribution is -2.36. The molecule has 7 nitrogen and oxygen atoms in total. The number of nitrogens with one attached hydrogen (secondary N) is 1.